The van der Waals surface area contributed by atoms with E-state index in [9.17, 15) is 14.4 Å². The minimum Gasteiger partial charge on any atom is -0.469 e. The van der Waals surface area contributed by atoms with Gasteiger partial charge in [0.2, 0.25) is 0 Å². The van der Waals surface area contributed by atoms with Crippen LogP contribution in [0.5, 0.6) is 0 Å². The lowest BCUT2D eigenvalue weighted by molar-refractivity contribution is -0.143. The van der Waals surface area contributed by atoms with Crippen LogP contribution in [-0.2, 0) is 23.8 Å². The van der Waals surface area contributed by atoms with E-state index in [0.29, 0.717) is 6.42 Å². The zero-order chi connectivity index (χ0) is 17.2. The Bertz CT molecular complexity index is 411. The molecule has 7 nitrogen and oxygen atoms in total. The number of ether oxygens (including phenoxy) is 3. The highest BCUT2D eigenvalue weighted by Gasteiger charge is 2.23. The normalized spacial score (nSPS) is 12.6. The molecule has 126 valence electrons. The van der Waals surface area contributed by atoms with Crippen LogP contribution in [0.25, 0.3) is 0 Å². The van der Waals surface area contributed by atoms with Crippen molar-refractivity contribution in [2.75, 3.05) is 14.2 Å². The monoisotopic (exact) mass is 315 g/mol. The number of allylic oxidation sites excluding steroid dienone is 1. The smallest absolute Gasteiger partial charge is 0.408 e. The molecule has 22 heavy (non-hydrogen) atoms. The van der Waals surface area contributed by atoms with Crippen molar-refractivity contribution in [2.24, 2.45) is 0 Å². The Morgan fingerprint density at radius 2 is 1.73 bits per heavy atom. The fourth-order valence-corrected chi connectivity index (χ4v) is 1.46. The maximum Gasteiger partial charge on any atom is 0.408 e. The van der Waals surface area contributed by atoms with Crippen molar-refractivity contribution in [1.29, 1.82) is 0 Å². The maximum atomic E-state index is 11.7. The molecule has 0 rings (SSSR count). The topological polar surface area (TPSA) is 90.9 Å². The molecule has 0 fully saturated rings. The third-order valence-electron chi connectivity index (χ3n) is 2.46. The maximum absolute atomic E-state index is 11.7. The van der Waals surface area contributed by atoms with Crippen molar-refractivity contribution in [3.63, 3.8) is 0 Å². The molecule has 0 saturated carbocycles. The third-order valence-corrected chi connectivity index (χ3v) is 2.46. The first-order chi connectivity index (χ1) is 10.2. The predicted octanol–water partition coefficient (Wildman–Crippen LogP) is 1.95. The Kier molecular flexibility index (Phi) is 8.89. The SMILES string of the molecule is COC(=O)CCC=CCC(NC(=O)OC(C)(C)C)C(=O)OC. The van der Waals surface area contributed by atoms with Crippen molar-refractivity contribution >= 4 is 18.0 Å². The largest absolute Gasteiger partial charge is 0.469 e. The van der Waals surface area contributed by atoms with Crippen LogP contribution in [0.1, 0.15) is 40.0 Å². The molecule has 0 spiro atoms. The molecule has 7 heteroatoms. The molecule has 0 heterocycles. The minimum absolute atomic E-state index is 0.243. The summed E-state index contributed by atoms with van der Waals surface area (Å²) in [7, 11) is 2.57. The molecular formula is C15H25NO6. The second-order valence-corrected chi connectivity index (χ2v) is 5.54. The van der Waals surface area contributed by atoms with Gasteiger partial charge in [0, 0.05) is 6.42 Å². The number of carbonyl (C=O) groups is 3. The number of hydrogen-bond donors (Lipinski definition) is 1. The summed E-state index contributed by atoms with van der Waals surface area (Å²) in [6, 6.07) is -0.839. The van der Waals surface area contributed by atoms with Gasteiger partial charge in [-0.15, -0.1) is 0 Å². The van der Waals surface area contributed by atoms with Gasteiger partial charge in [-0.3, -0.25) is 4.79 Å². The second kappa shape index (κ2) is 9.81. The lowest BCUT2D eigenvalue weighted by atomic mass is 10.1. The van der Waals surface area contributed by atoms with Crippen molar-refractivity contribution in [2.45, 2.75) is 51.7 Å². The van der Waals surface area contributed by atoms with E-state index in [4.69, 9.17) is 4.74 Å². The van der Waals surface area contributed by atoms with E-state index in [1.165, 1.54) is 14.2 Å². The Morgan fingerprint density at radius 1 is 1.09 bits per heavy atom. The Labute approximate surface area is 131 Å². The number of alkyl carbamates (subject to hydrolysis) is 1. The molecule has 0 aromatic heterocycles. The van der Waals surface area contributed by atoms with Gasteiger partial charge in [0.25, 0.3) is 0 Å². The van der Waals surface area contributed by atoms with Crippen molar-refractivity contribution in [3.8, 4) is 0 Å². The molecule has 0 aromatic carbocycles. The summed E-state index contributed by atoms with van der Waals surface area (Å²) in [6.07, 6.45) is 3.74. The average Bonchev–Trinajstić information content (AvgIpc) is 2.42. The fraction of sp³-hybridized carbons (Fsp3) is 0.667. The molecule has 1 unspecified atom stereocenters. The van der Waals surface area contributed by atoms with E-state index in [1.807, 2.05) is 0 Å². The van der Waals surface area contributed by atoms with Crippen LogP contribution < -0.4 is 5.32 Å². The number of esters is 2. The van der Waals surface area contributed by atoms with Crippen LogP contribution >= 0.6 is 0 Å². The minimum atomic E-state index is -0.839. The van der Waals surface area contributed by atoms with E-state index in [1.54, 1.807) is 32.9 Å². The Morgan fingerprint density at radius 3 is 2.23 bits per heavy atom. The summed E-state index contributed by atoms with van der Waals surface area (Å²) < 4.78 is 14.2. The average molecular weight is 315 g/mol. The summed E-state index contributed by atoms with van der Waals surface area (Å²) in [6.45, 7) is 5.19. The van der Waals surface area contributed by atoms with Crippen LogP contribution in [0.15, 0.2) is 12.2 Å². The Hall–Kier alpha value is -2.05. The summed E-state index contributed by atoms with van der Waals surface area (Å²) >= 11 is 0. The highest BCUT2D eigenvalue weighted by molar-refractivity contribution is 5.81. The van der Waals surface area contributed by atoms with E-state index < -0.39 is 23.7 Å². The van der Waals surface area contributed by atoms with Gasteiger partial charge in [-0.25, -0.2) is 9.59 Å². The van der Waals surface area contributed by atoms with Gasteiger partial charge in [0.15, 0.2) is 0 Å². The van der Waals surface area contributed by atoms with Crippen molar-refractivity contribution in [3.05, 3.63) is 12.2 Å². The molecule has 0 radical (unpaired) electrons. The molecule has 1 amide bonds. The molecule has 0 aromatic rings. The quantitative estimate of drug-likeness (QED) is 0.439. The Balaban J connectivity index is 4.41. The lowest BCUT2D eigenvalue weighted by Gasteiger charge is -2.22. The third kappa shape index (κ3) is 9.79. The van der Waals surface area contributed by atoms with Crippen molar-refractivity contribution < 1.29 is 28.6 Å². The van der Waals surface area contributed by atoms with Gasteiger partial charge in [0.05, 0.1) is 14.2 Å². The van der Waals surface area contributed by atoms with Crippen LogP contribution in [-0.4, -0.2) is 43.9 Å². The van der Waals surface area contributed by atoms with Crippen LogP contribution in [0, 0.1) is 0 Å². The number of amides is 1. The zero-order valence-corrected chi connectivity index (χ0v) is 13.8. The van der Waals surface area contributed by atoms with Gasteiger partial charge in [-0.1, -0.05) is 12.2 Å². The van der Waals surface area contributed by atoms with Gasteiger partial charge >= 0.3 is 18.0 Å². The summed E-state index contributed by atoms with van der Waals surface area (Å²) in [5.74, 6) is -0.871. The van der Waals surface area contributed by atoms with E-state index >= 15 is 0 Å². The van der Waals surface area contributed by atoms with Gasteiger partial charge < -0.3 is 19.5 Å². The second-order valence-electron chi connectivity index (χ2n) is 5.54. The first-order valence-corrected chi connectivity index (χ1v) is 6.98. The van der Waals surface area contributed by atoms with E-state index in [-0.39, 0.29) is 18.8 Å². The van der Waals surface area contributed by atoms with Crippen LogP contribution in [0.2, 0.25) is 0 Å². The highest BCUT2D eigenvalue weighted by Crippen LogP contribution is 2.08. The standard InChI is InChI=1S/C15H25NO6/c1-15(2,3)22-14(19)16-11(13(18)21-5)9-7-6-8-10-12(17)20-4/h6-7,11H,8-10H2,1-5H3,(H,16,19). The van der Waals surface area contributed by atoms with E-state index in [2.05, 4.69) is 14.8 Å². The van der Waals surface area contributed by atoms with Crippen LogP contribution in [0.4, 0.5) is 4.79 Å². The molecule has 0 aliphatic heterocycles. The highest BCUT2D eigenvalue weighted by atomic mass is 16.6. The summed E-state index contributed by atoms with van der Waals surface area (Å²) in [5, 5.41) is 2.46. The summed E-state index contributed by atoms with van der Waals surface area (Å²) in [5.41, 5.74) is -0.652. The number of hydrogen-bond acceptors (Lipinski definition) is 6. The molecular weight excluding hydrogens is 290 g/mol. The molecule has 0 aliphatic carbocycles. The number of carbonyl (C=O) groups excluding carboxylic acids is 3. The van der Waals surface area contributed by atoms with Crippen molar-refractivity contribution in [1.82, 2.24) is 5.32 Å². The first-order valence-electron chi connectivity index (χ1n) is 6.98. The number of rotatable bonds is 7. The molecule has 0 bridgehead atoms. The van der Waals surface area contributed by atoms with Crippen LogP contribution in [0.3, 0.4) is 0 Å². The lowest BCUT2D eigenvalue weighted by Crippen LogP contribution is -2.43. The number of methoxy groups -OCH3 is 2. The van der Waals surface area contributed by atoms with Gasteiger partial charge in [0.1, 0.15) is 11.6 Å². The van der Waals surface area contributed by atoms with Gasteiger partial charge in [-0.2, -0.15) is 0 Å². The molecule has 1 atom stereocenters. The predicted molar refractivity (Wildman–Crippen MR) is 80.2 cm³/mol. The number of nitrogens with one attached hydrogen (secondary N) is 1. The molecule has 0 aliphatic rings. The van der Waals surface area contributed by atoms with E-state index in [0.717, 1.165) is 0 Å². The first kappa shape index (κ1) is 19.9. The zero-order valence-electron chi connectivity index (χ0n) is 13.8. The molecule has 1 N–H and O–H groups in total. The van der Waals surface area contributed by atoms with Gasteiger partial charge in [-0.05, 0) is 33.6 Å². The summed E-state index contributed by atoms with van der Waals surface area (Å²) in [4.78, 5) is 34.2. The molecule has 0 saturated heterocycles. The fourth-order valence-electron chi connectivity index (χ4n) is 1.46.